The van der Waals surface area contributed by atoms with Crippen LogP contribution in [0.4, 0.5) is 0 Å². The van der Waals surface area contributed by atoms with Gasteiger partial charge in [-0.1, -0.05) is 0 Å². The Morgan fingerprint density at radius 3 is 2.11 bits per heavy atom. The first-order valence-electron chi connectivity index (χ1n) is 9.77. The number of ether oxygens (including phenoxy) is 4. The van der Waals surface area contributed by atoms with E-state index in [1.807, 2.05) is 0 Å². The minimum Gasteiger partial charge on any atom is -0.442 e. The first kappa shape index (κ1) is 30.8. The van der Waals surface area contributed by atoms with Crippen LogP contribution >= 0.6 is 0 Å². The van der Waals surface area contributed by atoms with Crippen LogP contribution in [0, 0.1) is 0 Å². The van der Waals surface area contributed by atoms with E-state index in [1.165, 1.54) is 0 Å². The Hall–Kier alpha value is -3.26. The summed E-state index contributed by atoms with van der Waals surface area (Å²) in [5.41, 5.74) is 0. The highest BCUT2D eigenvalue weighted by atomic mass is 17.2. The van der Waals surface area contributed by atoms with E-state index < -0.39 is 90.9 Å². The number of hydrogen-bond acceptors (Lipinski definition) is 18. The lowest BCUT2D eigenvalue weighted by Gasteiger charge is -2.50. The summed E-state index contributed by atoms with van der Waals surface area (Å²) in [6, 6.07) is 0. The maximum atomic E-state index is 12.9. The minimum atomic E-state index is -3.89. The second-order valence-corrected chi connectivity index (χ2v) is 7.28. The Labute approximate surface area is 200 Å². The lowest BCUT2D eigenvalue weighted by molar-refractivity contribution is -0.407. The highest BCUT2D eigenvalue weighted by molar-refractivity contribution is 6.32. The van der Waals surface area contributed by atoms with Gasteiger partial charge in [-0.3, -0.25) is 14.4 Å². The molecule has 0 aliphatic carbocycles. The lowest BCUT2D eigenvalue weighted by Crippen LogP contribution is -2.76. The Balaban J connectivity index is 3.83. The summed E-state index contributed by atoms with van der Waals surface area (Å²) in [6.45, 7) is 0.243. The van der Waals surface area contributed by atoms with Crippen molar-refractivity contribution < 1.29 is 88.1 Å². The highest BCUT2D eigenvalue weighted by Gasteiger charge is 2.71. The molecule has 204 valence electrons. The molecule has 1 rings (SSSR count). The number of Topliss-reactive ketones (excluding diaryl/α,β-unsaturated/α-hetero) is 1. The van der Waals surface area contributed by atoms with Crippen LogP contribution in [0.2, 0.25) is 0 Å². The van der Waals surface area contributed by atoms with Crippen molar-refractivity contribution in [2.75, 3.05) is 6.61 Å². The van der Waals surface area contributed by atoms with Gasteiger partial charge in [-0.05, 0) is 6.92 Å². The third-order valence-corrected chi connectivity index (χ3v) is 4.58. The van der Waals surface area contributed by atoms with Gasteiger partial charge in [0.1, 0.15) is 24.4 Å². The molecule has 0 aromatic carbocycles. The molecule has 18 heteroatoms. The topological polar surface area (TPSA) is 279 Å². The van der Waals surface area contributed by atoms with Gasteiger partial charge < -0.3 is 49.6 Å². The summed E-state index contributed by atoms with van der Waals surface area (Å²) in [5.74, 6) is -16.5. The van der Waals surface area contributed by atoms with Crippen LogP contribution in [-0.4, -0.2) is 122 Å². The van der Waals surface area contributed by atoms with Gasteiger partial charge in [0, 0.05) is 13.8 Å². The predicted octanol–water partition coefficient (Wildman–Crippen LogP) is -5.54. The second kappa shape index (κ2) is 12.1. The summed E-state index contributed by atoms with van der Waals surface area (Å²) in [4.78, 5) is 79.2. The van der Waals surface area contributed by atoms with Gasteiger partial charge in [-0.2, -0.15) is 0 Å². The Morgan fingerprint density at radius 1 is 1.08 bits per heavy atom. The molecule has 1 aliphatic rings. The Bertz CT molecular complexity index is 868. The fourth-order valence-electron chi connectivity index (χ4n) is 2.85. The smallest absolute Gasteiger partial charge is 0.442 e. The van der Waals surface area contributed by atoms with Crippen molar-refractivity contribution in [1.29, 1.82) is 0 Å². The average Bonchev–Trinajstić information content (AvgIpc) is 2.80. The molecule has 1 heterocycles. The van der Waals surface area contributed by atoms with Crippen LogP contribution in [-0.2, 0) is 57.5 Å². The van der Waals surface area contributed by atoms with Crippen molar-refractivity contribution >= 4 is 36.1 Å². The summed E-state index contributed by atoms with van der Waals surface area (Å²) >= 11 is 0. The van der Waals surface area contributed by atoms with Crippen LogP contribution in [0.25, 0.3) is 0 Å². The summed E-state index contributed by atoms with van der Waals surface area (Å²) in [5, 5.41) is 60.2. The summed E-state index contributed by atoms with van der Waals surface area (Å²) in [6.07, 6.45) is -14.4. The van der Waals surface area contributed by atoms with E-state index in [2.05, 4.69) is 24.0 Å². The number of esters is 2. The fraction of sp³-hybridized carbons (Fsp3) is 0.667. The number of ketones is 1. The number of aliphatic hydroxyl groups is 6. The normalized spacial score (nSPS) is 28.9. The zero-order chi connectivity index (χ0) is 28.0. The van der Waals surface area contributed by atoms with E-state index in [-0.39, 0.29) is 0 Å². The van der Waals surface area contributed by atoms with Crippen LogP contribution in [0.3, 0.4) is 0 Å². The van der Waals surface area contributed by atoms with Gasteiger partial charge in [-0.25, -0.2) is 24.2 Å². The monoisotopic (exact) mass is 528 g/mol. The number of aliphatic hydroxyl groups excluding tert-OH is 5. The van der Waals surface area contributed by atoms with Crippen molar-refractivity contribution in [2.24, 2.45) is 0 Å². The predicted molar refractivity (Wildman–Crippen MR) is 101 cm³/mol. The zero-order valence-corrected chi connectivity index (χ0v) is 18.8. The average molecular weight is 528 g/mol. The molecule has 0 aromatic heterocycles. The number of hydrogen-bond donors (Lipinski definition) is 6. The molecule has 4 unspecified atom stereocenters. The molecule has 8 atom stereocenters. The number of carbonyl (C=O) groups excluding carboxylic acids is 6. The van der Waals surface area contributed by atoms with Crippen LogP contribution < -0.4 is 0 Å². The maximum Gasteiger partial charge on any atom is 0.444 e. The van der Waals surface area contributed by atoms with Gasteiger partial charge in [0.25, 0.3) is 6.47 Å². The second-order valence-electron chi connectivity index (χ2n) is 7.28. The van der Waals surface area contributed by atoms with Gasteiger partial charge in [0.05, 0.1) is 6.61 Å². The van der Waals surface area contributed by atoms with Crippen LogP contribution in [0.5, 0.6) is 0 Å². The van der Waals surface area contributed by atoms with E-state index in [0.717, 1.165) is 6.92 Å². The quantitative estimate of drug-likeness (QED) is 0.0385. The van der Waals surface area contributed by atoms with Gasteiger partial charge >= 0.3 is 29.7 Å². The zero-order valence-electron chi connectivity index (χ0n) is 18.8. The number of carbonyl (C=O) groups is 6. The van der Waals surface area contributed by atoms with E-state index in [4.69, 9.17) is 9.84 Å². The van der Waals surface area contributed by atoms with Gasteiger partial charge in [-0.15, -0.1) is 0 Å². The fourth-order valence-corrected chi connectivity index (χ4v) is 2.85. The molecule has 0 bridgehead atoms. The van der Waals surface area contributed by atoms with Crippen molar-refractivity contribution in [3.05, 3.63) is 0 Å². The molecule has 36 heavy (non-hydrogen) atoms. The van der Waals surface area contributed by atoms with Crippen molar-refractivity contribution in [3.63, 3.8) is 0 Å². The third kappa shape index (κ3) is 6.29. The van der Waals surface area contributed by atoms with E-state index in [1.54, 1.807) is 0 Å². The van der Waals surface area contributed by atoms with Gasteiger partial charge in [0.15, 0.2) is 6.10 Å². The Kier molecular flexibility index (Phi) is 10.4. The summed E-state index contributed by atoms with van der Waals surface area (Å²) in [7, 11) is 0. The molecule has 1 fully saturated rings. The van der Waals surface area contributed by atoms with E-state index >= 15 is 0 Å². The molecule has 18 nitrogen and oxygen atoms in total. The molecular formula is C18H24O18. The van der Waals surface area contributed by atoms with Crippen molar-refractivity contribution in [2.45, 2.75) is 69.0 Å². The van der Waals surface area contributed by atoms with Crippen LogP contribution in [0.15, 0.2) is 0 Å². The SMILES string of the molecule is CC(=O)OC(OC=O)(C(=O)OOC(=O)C(C)O)C(OC(=O)C(C)=O)C1(O)O[C@H](CO)[C@@H](O)[C@H](O)[C@H]1O. The van der Waals surface area contributed by atoms with Crippen molar-refractivity contribution in [3.8, 4) is 0 Å². The molecule has 0 saturated carbocycles. The molecule has 0 radical (unpaired) electrons. The van der Waals surface area contributed by atoms with Gasteiger partial charge in [0.2, 0.25) is 17.7 Å². The molecule has 6 N–H and O–H groups in total. The molecule has 1 saturated heterocycles. The molecule has 1 aliphatic heterocycles. The van der Waals surface area contributed by atoms with Crippen molar-refractivity contribution in [1.82, 2.24) is 0 Å². The Morgan fingerprint density at radius 2 is 1.67 bits per heavy atom. The minimum absolute atomic E-state index is 0.583. The standard InChI is InChI=1S/C18H24O18/c1-6(21)13(27)32-15(17(30)12(26)11(25)10(24)9(4-19)34-17)18(31-5-20,33-8(3)23)16(29)36-35-14(28)7(2)22/h5,7,9-12,15,19,22,24-26,30H,4H2,1-3H3/t7?,9-,10-,11+,12-,15?,17?,18?/m1/s1. The largest absolute Gasteiger partial charge is 0.444 e. The first-order chi connectivity index (χ1) is 16.6. The molecule has 0 aromatic rings. The molecule has 0 amide bonds. The highest BCUT2D eigenvalue weighted by Crippen LogP contribution is 2.39. The van der Waals surface area contributed by atoms with Crippen LogP contribution in [0.1, 0.15) is 20.8 Å². The number of rotatable bonds is 10. The summed E-state index contributed by atoms with van der Waals surface area (Å²) < 4.78 is 18.6. The lowest BCUT2D eigenvalue weighted by atomic mass is 9.86. The first-order valence-corrected chi connectivity index (χ1v) is 9.77. The van der Waals surface area contributed by atoms with E-state index in [0.29, 0.717) is 13.8 Å². The third-order valence-electron chi connectivity index (χ3n) is 4.58. The molecule has 0 spiro atoms. The maximum absolute atomic E-state index is 12.9. The van der Waals surface area contributed by atoms with E-state index in [9.17, 15) is 54.3 Å². The molecular weight excluding hydrogens is 504 g/mol.